The summed E-state index contributed by atoms with van der Waals surface area (Å²) >= 11 is 0. The van der Waals surface area contributed by atoms with Crippen LogP contribution in [0.3, 0.4) is 0 Å². The van der Waals surface area contributed by atoms with Crippen molar-refractivity contribution >= 4 is 12.2 Å². The Kier molecular flexibility index (Phi) is 6.48. The van der Waals surface area contributed by atoms with Crippen LogP contribution in [0, 0.1) is 0 Å². The van der Waals surface area contributed by atoms with E-state index in [9.17, 15) is 9.59 Å². The molecule has 0 unspecified atom stereocenters. The third kappa shape index (κ3) is 9.26. The number of rotatable bonds is 4. The van der Waals surface area contributed by atoms with Crippen LogP contribution in [-0.2, 0) is 9.47 Å². The van der Waals surface area contributed by atoms with Gasteiger partial charge in [-0.3, -0.25) is 0 Å². The van der Waals surface area contributed by atoms with Crippen LogP contribution in [0.1, 0.15) is 27.2 Å². The van der Waals surface area contributed by atoms with Crippen molar-refractivity contribution in [3.63, 3.8) is 0 Å². The molecule has 0 fully saturated rings. The predicted molar refractivity (Wildman–Crippen MR) is 59.3 cm³/mol. The van der Waals surface area contributed by atoms with Gasteiger partial charge < -0.3 is 20.1 Å². The first-order valence-electron chi connectivity index (χ1n) is 5.18. The molecule has 1 amide bonds. The Morgan fingerprint density at radius 2 is 1.81 bits per heavy atom. The molecule has 0 bridgehead atoms. The summed E-state index contributed by atoms with van der Waals surface area (Å²) < 4.78 is 9.18. The van der Waals surface area contributed by atoms with E-state index >= 15 is 0 Å². The summed E-state index contributed by atoms with van der Waals surface area (Å²) in [7, 11) is 1.82. The highest BCUT2D eigenvalue weighted by Gasteiger charge is 2.19. The highest BCUT2D eigenvalue weighted by Crippen LogP contribution is 2.07. The normalized spacial score (nSPS) is 10.8. The maximum absolute atomic E-state index is 11.0. The zero-order valence-electron chi connectivity index (χ0n) is 10.3. The predicted octanol–water partition coefficient (Wildman–Crippen LogP) is 1.26. The van der Waals surface area contributed by atoms with E-state index in [2.05, 4.69) is 15.4 Å². The third-order valence-electron chi connectivity index (χ3n) is 1.44. The molecule has 2 N–H and O–H groups in total. The number of nitrogens with one attached hydrogen (secondary N) is 2. The second-order valence-corrected chi connectivity index (χ2v) is 4.24. The van der Waals surface area contributed by atoms with Gasteiger partial charge in [-0.2, -0.15) is 0 Å². The third-order valence-corrected chi connectivity index (χ3v) is 1.44. The van der Waals surface area contributed by atoms with Crippen molar-refractivity contribution < 1.29 is 19.1 Å². The van der Waals surface area contributed by atoms with E-state index in [1.807, 2.05) is 7.05 Å². The van der Waals surface area contributed by atoms with E-state index < -0.39 is 17.8 Å². The molecule has 0 saturated carbocycles. The fourth-order valence-electron chi connectivity index (χ4n) is 0.838. The first-order valence-corrected chi connectivity index (χ1v) is 5.18. The van der Waals surface area contributed by atoms with Crippen LogP contribution in [0.5, 0.6) is 0 Å². The number of hydrogen-bond donors (Lipinski definition) is 2. The molecule has 0 heterocycles. The highest BCUT2D eigenvalue weighted by atomic mass is 16.8. The van der Waals surface area contributed by atoms with Crippen LogP contribution in [0.25, 0.3) is 0 Å². The van der Waals surface area contributed by atoms with Crippen molar-refractivity contribution in [3.8, 4) is 0 Å². The van der Waals surface area contributed by atoms with E-state index in [-0.39, 0.29) is 0 Å². The summed E-state index contributed by atoms with van der Waals surface area (Å²) in [5, 5.41) is 5.36. The van der Waals surface area contributed by atoms with Gasteiger partial charge in [0, 0.05) is 6.54 Å². The van der Waals surface area contributed by atoms with Gasteiger partial charge in [-0.15, -0.1) is 0 Å². The average molecular weight is 232 g/mol. The Hall–Kier alpha value is -1.30. The average Bonchev–Trinajstić information content (AvgIpc) is 2.09. The Morgan fingerprint density at radius 3 is 2.31 bits per heavy atom. The van der Waals surface area contributed by atoms with Gasteiger partial charge in [-0.05, 0) is 40.8 Å². The molecule has 0 aromatic carbocycles. The standard InChI is InChI=1S/C10H20N2O4/c1-10(2,3)16-9(14)15-8(13)12-7-5-6-11-4/h11H,5-7H2,1-4H3,(H,12,13). The Labute approximate surface area is 95.7 Å². The van der Waals surface area contributed by atoms with Gasteiger partial charge >= 0.3 is 12.2 Å². The van der Waals surface area contributed by atoms with E-state index in [1.54, 1.807) is 20.8 Å². The molecular formula is C10H20N2O4. The lowest BCUT2D eigenvalue weighted by Gasteiger charge is -2.18. The van der Waals surface area contributed by atoms with E-state index in [4.69, 9.17) is 4.74 Å². The molecule has 0 aliphatic rings. The molecule has 0 radical (unpaired) electrons. The summed E-state index contributed by atoms with van der Waals surface area (Å²) in [5.74, 6) is 0. The van der Waals surface area contributed by atoms with Crippen molar-refractivity contribution in [2.75, 3.05) is 20.1 Å². The molecule has 0 spiro atoms. The van der Waals surface area contributed by atoms with E-state index in [0.717, 1.165) is 13.0 Å². The largest absolute Gasteiger partial charge is 0.517 e. The summed E-state index contributed by atoms with van der Waals surface area (Å²) in [5.41, 5.74) is -0.663. The lowest BCUT2D eigenvalue weighted by molar-refractivity contribution is 0.00903. The Morgan fingerprint density at radius 1 is 1.19 bits per heavy atom. The Balaban J connectivity index is 3.67. The highest BCUT2D eigenvalue weighted by molar-refractivity contribution is 5.80. The summed E-state index contributed by atoms with van der Waals surface area (Å²) in [4.78, 5) is 22.1. The first kappa shape index (κ1) is 14.7. The minimum atomic E-state index is -0.987. The van der Waals surface area contributed by atoms with Gasteiger partial charge in [0.25, 0.3) is 0 Å². The molecule has 16 heavy (non-hydrogen) atoms. The van der Waals surface area contributed by atoms with Gasteiger partial charge in [0.2, 0.25) is 0 Å². The number of ether oxygens (including phenoxy) is 2. The quantitative estimate of drug-likeness (QED) is 0.433. The maximum atomic E-state index is 11.0. The van der Waals surface area contributed by atoms with Crippen LogP contribution in [-0.4, -0.2) is 38.0 Å². The molecule has 0 rings (SSSR count). The second kappa shape index (κ2) is 7.05. The van der Waals surface area contributed by atoms with Gasteiger partial charge in [0.05, 0.1) is 0 Å². The fraction of sp³-hybridized carbons (Fsp3) is 0.800. The molecule has 6 nitrogen and oxygen atoms in total. The molecule has 0 aliphatic heterocycles. The molecule has 0 aromatic rings. The maximum Gasteiger partial charge on any atom is 0.517 e. The van der Waals surface area contributed by atoms with Gasteiger partial charge in [0.15, 0.2) is 0 Å². The number of alkyl carbamates (subject to hydrolysis) is 1. The lowest BCUT2D eigenvalue weighted by Crippen LogP contribution is -2.32. The zero-order chi connectivity index (χ0) is 12.6. The van der Waals surface area contributed by atoms with Crippen LogP contribution < -0.4 is 10.6 Å². The van der Waals surface area contributed by atoms with Gasteiger partial charge in [-0.1, -0.05) is 0 Å². The number of carbonyl (C=O) groups excluding carboxylic acids is 2. The second-order valence-electron chi connectivity index (χ2n) is 4.24. The topological polar surface area (TPSA) is 76.7 Å². The molecule has 0 atom stereocenters. The minimum Gasteiger partial charge on any atom is -0.428 e. The summed E-state index contributed by atoms with van der Waals surface area (Å²) in [6.45, 7) is 6.31. The fourth-order valence-corrected chi connectivity index (χ4v) is 0.838. The molecule has 0 aromatic heterocycles. The van der Waals surface area contributed by atoms with E-state index in [0.29, 0.717) is 6.54 Å². The van der Waals surface area contributed by atoms with Crippen LogP contribution in [0.15, 0.2) is 0 Å². The van der Waals surface area contributed by atoms with Crippen molar-refractivity contribution in [3.05, 3.63) is 0 Å². The smallest absolute Gasteiger partial charge is 0.428 e. The number of amides is 1. The van der Waals surface area contributed by atoms with Crippen LogP contribution in [0.2, 0.25) is 0 Å². The first-order chi connectivity index (χ1) is 7.35. The summed E-state index contributed by atoms with van der Waals surface area (Å²) in [6, 6.07) is 0. The van der Waals surface area contributed by atoms with Crippen LogP contribution >= 0.6 is 0 Å². The van der Waals surface area contributed by atoms with Crippen molar-refractivity contribution in [1.82, 2.24) is 10.6 Å². The SMILES string of the molecule is CNCCCNC(=O)OC(=O)OC(C)(C)C. The number of hydrogen-bond acceptors (Lipinski definition) is 5. The lowest BCUT2D eigenvalue weighted by atomic mass is 10.2. The molecule has 0 aliphatic carbocycles. The molecule has 0 saturated heterocycles. The van der Waals surface area contributed by atoms with Crippen molar-refractivity contribution in [2.45, 2.75) is 32.8 Å². The monoisotopic (exact) mass is 232 g/mol. The zero-order valence-corrected chi connectivity index (χ0v) is 10.3. The van der Waals surface area contributed by atoms with Crippen molar-refractivity contribution in [1.29, 1.82) is 0 Å². The number of carbonyl (C=O) groups is 2. The molecule has 6 heteroatoms. The van der Waals surface area contributed by atoms with E-state index in [1.165, 1.54) is 0 Å². The molecule has 94 valence electrons. The Bertz CT molecular complexity index is 235. The van der Waals surface area contributed by atoms with Gasteiger partial charge in [-0.25, -0.2) is 9.59 Å². The van der Waals surface area contributed by atoms with Crippen LogP contribution in [0.4, 0.5) is 9.59 Å². The van der Waals surface area contributed by atoms with Crippen molar-refractivity contribution in [2.24, 2.45) is 0 Å². The summed E-state index contributed by atoms with van der Waals surface area (Å²) in [6.07, 6.45) is -1.01. The van der Waals surface area contributed by atoms with Gasteiger partial charge in [0.1, 0.15) is 5.60 Å². The minimum absolute atomic E-state index is 0.447. The molecular weight excluding hydrogens is 212 g/mol.